The highest BCUT2D eigenvalue weighted by Crippen LogP contribution is 2.40. The van der Waals surface area contributed by atoms with E-state index < -0.39 is 12.0 Å². The first kappa shape index (κ1) is 21.9. The summed E-state index contributed by atoms with van der Waals surface area (Å²) in [5.74, 6) is -0.768. The second kappa shape index (κ2) is 9.04. The summed E-state index contributed by atoms with van der Waals surface area (Å²) in [6, 6.07) is 14.6. The fourth-order valence-corrected chi connectivity index (χ4v) is 4.43. The Balaban J connectivity index is 1.53. The van der Waals surface area contributed by atoms with Gasteiger partial charge in [-0.2, -0.15) is 5.10 Å². The molecule has 3 aromatic rings. The van der Waals surface area contributed by atoms with Crippen LogP contribution in [-0.2, 0) is 11.5 Å². The fraction of sp³-hybridized carbons (Fsp3) is 0.292. The molecule has 1 unspecified atom stereocenters. The first-order chi connectivity index (χ1) is 15.3. The Labute approximate surface area is 191 Å². The maximum atomic E-state index is 13.4. The van der Waals surface area contributed by atoms with Crippen LogP contribution in [0.3, 0.4) is 0 Å². The molecule has 2 aromatic carbocycles. The van der Waals surface area contributed by atoms with Gasteiger partial charge in [-0.05, 0) is 68.7 Å². The number of aliphatic carboxylic acids is 1. The topological polar surface area (TPSA) is 84.7 Å². The summed E-state index contributed by atoms with van der Waals surface area (Å²) >= 11 is 6.36. The van der Waals surface area contributed by atoms with E-state index in [1.807, 2.05) is 38.1 Å². The third-order valence-electron chi connectivity index (χ3n) is 5.73. The van der Waals surface area contributed by atoms with Crippen LogP contribution in [0.2, 0.25) is 5.02 Å². The maximum absolute atomic E-state index is 13.4. The first-order valence-electron chi connectivity index (χ1n) is 10.4. The second-order valence-corrected chi connectivity index (χ2v) is 8.31. The molecule has 166 valence electrons. The Bertz CT molecular complexity index is 1140. The monoisotopic (exact) mass is 453 g/mol. The van der Waals surface area contributed by atoms with Gasteiger partial charge in [0, 0.05) is 16.3 Å². The highest BCUT2D eigenvalue weighted by molar-refractivity contribution is 6.31. The lowest BCUT2D eigenvalue weighted by molar-refractivity contribution is -0.141. The summed E-state index contributed by atoms with van der Waals surface area (Å²) in [6.07, 6.45) is 0.914. The van der Waals surface area contributed by atoms with Gasteiger partial charge in [-0.25, -0.2) is 9.48 Å². The van der Waals surface area contributed by atoms with Gasteiger partial charge in [0.1, 0.15) is 11.8 Å². The number of carboxylic acids is 1. The number of aryl methyl sites for hydroxylation is 2. The van der Waals surface area contributed by atoms with Gasteiger partial charge >= 0.3 is 5.97 Å². The molecule has 0 saturated carbocycles. The molecule has 1 fully saturated rings. The standard InChI is InChI=1S/C24H24ClN3O4/c1-15-13-16(2)27(26-15)14-32-18-9-7-17(8-10-18)23(29)28-21(11-12-22(28)24(30)31)19-5-3-4-6-20(19)25/h3-10,13,21-22H,11-12,14H2,1-2H3,(H,30,31)/t21?,22-/m0/s1. The van der Waals surface area contributed by atoms with E-state index in [1.165, 1.54) is 4.90 Å². The molecule has 0 bridgehead atoms. The number of carbonyl (C=O) groups is 2. The largest absolute Gasteiger partial charge is 0.480 e. The van der Waals surface area contributed by atoms with Crippen LogP contribution in [0, 0.1) is 13.8 Å². The van der Waals surface area contributed by atoms with E-state index >= 15 is 0 Å². The summed E-state index contributed by atoms with van der Waals surface area (Å²) in [4.78, 5) is 26.7. The van der Waals surface area contributed by atoms with Crippen molar-refractivity contribution in [3.8, 4) is 5.75 Å². The summed E-state index contributed by atoms with van der Waals surface area (Å²) in [7, 11) is 0. The molecule has 1 aliphatic heterocycles. The Morgan fingerprint density at radius 1 is 1.12 bits per heavy atom. The van der Waals surface area contributed by atoms with Crippen LogP contribution in [0.1, 0.15) is 46.2 Å². The summed E-state index contributed by atoms with van der Waals surface area (Å²) in [6.45, 7) is 4.13. The highest BCUT2D eigenvalue weighted by Gasteiger charge is 2.42. The minimum atomic E-state index is -1.02. The fourth-order valence-electron chi connectivity index (χ4n) is 4.17. The molecule has 4 rings (SSSR count). The van der Waals surface area contributed by atoms with E-state index in [0.29, 0.717) is 29.2 Å². The van der Waals surface area contributed by atoms with Crippen LogP contribution in [-0.4, -0.2) is 37.7 Å². The minimum absolute atomic E-state index is 0.259. The molecular formula is C24H24ClN3O4. The number of amides is 1. The van der Waals surface area contributed by atoms with Gasteiger partial charge in [0.15, 0.2) is 6.73 Å². The SMILES string of the molecule is Cc1cc(C)n(COc2ccc(C(=O)N3C(c4ccccc4Cl)CC[C@H]3C(=O)O)cc2)n1. The van der Waals surface area contributed by atoms with E-state index in [0.717, 1.165) is 17.0 Å². The molecule has 1 amide bonds. The van der Waals surface area contributed by atoms with Crippen molar-refractivity contribution in [2.75, 3.05) is 0 Å². The number of carboxylic acid groups (broad SMARTS) is 1. The Morgan fingerprint density at radius 3 is 2.47 bits per heavy atom. The number of carbonyl (C=O) groups excluding carboxylic acids is 1. The summed E-state index contributed by atoms with van der Waals surface area (Å²) < 4.78 is 7.53. The number of benzene rings is 2. The number of halogens is 1. The Hall–Kier alpha value is -3.32. The van der Waals surface area contributed by atoms with Crippen molar-refractivity contribution in [3.05, 3.63) is 82.1 Å². The highest BCUT2D eigenvalue weighted by atomic mass is 35.5. The molecular weight excluding hydrogens is 430 g/mol. The Morgan fingerprint density at radius 2 is 1.84 bits per heavy atom. The molecule has 8 heteroatoms. The van der Waals surface area contributed by atoms with Gasteiger partial charge in [-0.3, -0.25) is 4.79 Å². The molecule has 2 atom stereocenters. The van der Waals surface area contributed by atoms with E-state index in [2.05, 4.69) is 5.10 Å². The van der Waals surface area contributed by atoms with Gasteiger partial charge < -0.3 is 14.7 Å². The number of hydrogen-bond donors (Lipinski definition) is 1. The van der Waals surface area contributed by atoms with Crippen molar-refractivity contribution in [2.24, 2.45) is 0 Å². The van der Waals surface area contributed by atoms with E-state index in [9.17, 15) is 14.7 Å². The van der Waals surface area contributed by atoms with Crippen molar-refractivity contribution in [1.29, 1.82) is 0 Å². The van der Waals surface area contributed by atoms with Gasteiger partial charge in [0.2, 0.25) is 0 Å². The minimum Gasteiger partial charge on any atom is -0.480 e. The third-order valence-corrected chi connectivity index (χ3v) is 6.07. The number of rotatable bonds is 6. The van der Waals surface area contributed by atoms with E-state index in [4.69, 9.17) is 16.3 Å². The molecule has 1 aliphatic rings. The van der Waals surface area contributed by atoms with Crippen LogP contribution >= 0.6 is 11.6 Å². The number of hydrogen-bond acceptors (Lipinski definition) is 4. The molecule has 1 aromatic heterocycles. The van der Waals surface area contributed by atoms with Crippen LogP contribution in [0.5, 0.6) is 5.75 Å². The summed E-state index contributed by atoms with van der Waals surface area (Å²) in [5, 5.41) is 14.6. The lowest BCUT2D eigenvalue weighted by atomic mass is 10.0. The predicted molar refractivity (Wildman–Crippen MR) is 120 cm³/mol. The van der Waals surface area contributed by atoms with Crippen LogP contribution in [0.15, 0.2) is 54.6 Å². The number of aromatic nitrogens is 2. The van der Waals surface area contributed by atoms with Gasteiger partial charge in [-0.1, -0.05) is 29.8 Å². The van der Waals surface area contributed by atoms with Crippen molar-refractivity contribution in [3.63, 3.8) is 0 Å². The average molecular weight is 454 g/mol. The third kappa shape index (κ3) is 4.34. The molecule has 0 radical (unpaired) electrons. The second-order valence-electron chi connectivity index (χ2n) is 7.91. The van der Waals surface area contributed by atoms with Crippen molar-refractivity contribution >= 4 is 23.5 Å². The van der Waals surface area contributed by atoms with Crippen LogP contribution in [0.4, 0.5) is 0 Å². The smallest absolute Gasteiger partial charge is 0.326 e. The van der Waals surface area contributed by atoms with Crippen LogP contribution < -0.4 is 4.74 Å². The van der Waals surface area contributed by atoms with Crippen molar-refractivity contribution in [2.45, 2.75) is 45.5 Å². The lowest BCUT2D eigenvalue weighted by Gasteiger charge is -2.29. The summed E-state index contributed by atoms with van der Waals surface area (Å²) in [5.41, 5.74) is 3.07. The number of likely N-dealkylation sites (tertiary alicyclic amines) is 1. The van der Waals surface area contributed by atoms with Crippen molar-refractivity contribution in [1.82, 2.24) is 14.7 Å². The van der Waals surface area contributed by atoms with Gasteiger partial charge in [0.05, 0.1) is 11.7 Å². The first-order valence-corrected chi connectivity index (χ1v) is 10.8. The predicted octanol–water partition coefficient (Wildman–Crippen LogP) is 4.62. The van der Waals surface area contributed by atoms with E-state index in [-0.39, 0.29) is 18.7 Å². The lowest BCUT2D eigenvalue weighted by Crippen LogP contribution is -2.41. The number of ether oxygens (including phenoxy) is 1. The molecule has 7 nitrogen and oxygen atoms in total. The van der Waals surface area contributed by atoms with Gasteiger partial charge in [0.25, 0.3) is 5.91 Å². The zero-order valence-electron chi connectivity index (χ0n) is 17.9. The van der Waals surface area contributed by atoms with Gasteiger partial charge in [-0.15, -0.1) is 0 Å². The van der Waals surface area contributed by atoms with Crippen molar-refractivity contribution < 1.29 is 19.4 Å². The molecule has 1 saturated heterocycles. The molecule has 0 aliphatic carbocycles. The Kier molecular flexibility index (Phi) is 6.19. The molecule has 0 spiro atoms. The van der Waals surface area contributed by atoms with E-state index in [1.54, 1.807) is 35.0 Å². The molecule has 32 heavy (non-hydrogen) atoms. The zero-order chi connectivity index (χ0) is 22.8. The molecule has 2 heterocycles. The number of nitrogens with zero attached hydrogens (tertiary/aromatic N) is 3. The average Bonchev–Trinajstić information content (AvgIpc) is 3.35. The maximum Gasteiger partial charge on any atom is 0.326 e. The van der Waals surface area contributed by atoms with Crippen LogP contribution in [0.25, 0.3) is 0 Å². The molecule has 1 N–H and O–H groups in total. The zero-order valence-corrected chi connectivity index (χ0v) is 18.6. The normalized spacial score (nSPS) is 18.0. The quantitative estimate of drug-likeness (QED) is 0.588.